The van der Waals surface area contributed by atoms with Gasteiger partial charge in [-0.1, -0.05) is 18.2 Å². The third-order valence-corrected chi connectivity index (χ3v) is 3.64. The summed E-state index contributed by atoms with van der Waals surface area (Å²) in [7, 11) is 3.14. The lowest BCUT2D eigenvalue weighted by molar-refractivity contribution is -0.138. The minimum Gasteiger partial charge on any atom is -0.496 e. The zero-order valence-electron chi connectivity index (χ0n) is 10.8. The van der Waals surface area contributed by atoms with E-state index < -0.39 is 11.6 Å². The van der Waals surface area contributed by atoms with Crippen LogP contribution < -0.4 is 10.5 Å². The van der Waals surface area contributed by atoms with Crippen LogP contribution >= 0.6 is 0 Å². The molecule has 2 atom stereocenters. The Morgan fingerprint density at radius 1 is 1.33 bits per heavy atom. The van der Waals surface area contributed by atoms with Crippen molar-refractivity contribution >= 4 is 5.78 Å². The summed E-state index contributed by atoms with van der Waals surface area (Å²) in [5.41, 5.74) is 6.11. The fourth-order valence-electron chi connectivity index (χ4n) is 2.61. The van der Waals surface area contributed by atoms with Gasteiger partial charge in [0.15, 0.2) is 5.78 Å². The summed E-state index contributed by atoms with van der Waals surface area (Å²) >= 11 is 0. The maximum Gasteiger partial charge on any atom is 0.185 e. The molecule has 1 aliphatic rings. The Hall–Kier alpha value is -1.39. The molecule has 0 amide bonds. The standard InChI is InChI=1S/C14H19NO3/c1-17-11-7-4-3-6-10(11)14(15)9-5-8-12(18-2)13(14)16/h3-4,6-7,12H,5,8-9,15H2,1-2H3/t12-,14-/m0/s1. The van der Waals surface area contributed by atoms with Gasteiger partial charge in [0.1, 0.15) is 17.4 Å². The topological polar surface area (TPSA) is 61.6 Å². The largest absolute Gasteiger partial charge is 0.496 e. The predicted octanol–water partition coefficient (Wildman–Crippen LogP) is 1.62. The van der Waals surface area contributed by atoms with Gasteiger partial charge in [0.25, 0.3) is 0 Å². The third-order valence-electron chi connectivity index (χ3n) is 3.64. The van der Waals surface area contributed by atoms with Crippen molar-refractivity contribution in [2.75, 3.05) is 14.2 Å². The summed E-state index contributed by atoms with van der Waals surface area (Å²) in [5, 5.41) is 0. The van der Waals surface area contributed by atoms with Crippen LogP contribution in [0.15, 0.2) is 24.3 Å². The maximum atomic E-state index is 12.4. The highest BCUT2D eigenvalue weighted by molar-refractivity contribution is 5.94. The van der Waals surface area contributed by atoms with Crippen LogP contribution in [0.25, 0.3) is 0 Å². The molecule has 0 unspecified atom stereocenters. The number of carbonyl (C=O) groups is 1. The number of benzene rings is 1. The van der Waals surface area contributed by atoms with Crippen LogP contribution in [0.1, 0.15) is 24.8 Å². The Kier molecular flexibility index (Phi) is 3.68. The molecular weight excluding hydrogens is 230 g/mol. The highest BCUT2D eigenvalue weighted by Crippen LogP contribution is 2.37. The van der Waals surface area contributed by atoms with Crippen molar-refractivity contribution in [2.45, 2.75) is 30.9 Å². The third kappa shape index (κ3) is 2.02. The summed E-state index contributed by atoms with van der Waals surface area (Å²) in [6.45, 7) is 0. The molecule has 18 heavy (non-hydrogen) atoms. The molecule has 1 fully saturated rings. The van der Waals surface area contributed by atoms with Crippen LogP contribution in [0.4, 0.5) is 0 Å². The van der Waals surface area contributed by atoms with Crippen molar-refractivity contribution in [3.05, 3.63) is 29.8 Å². The van der Waals surface area contributed by atoms with Crippen LogP contribution in [0.2, 0.25) is 0 Å². The number of Topliss-reactive ketones (excluding diaryl/α,β-unsaturated/α-hetero) is 1. The Balaban J connectivity index is 2.43. The summed E-state index contributed by atoms with van der Waals surface area (Å²) in [4.78, 5) is 12.4. The van der Waals surface area contributed by atoms with Crippen molar-refractivity contribution in [3.8, 4) is 5.75 Å². The van der Waals surface area contributed by atoms with Crippen LogP contribution in [0, 0.1) is 0 Å². The zero-order chi connectivity index (χ0) is 13.2. The van der Waals surface area contributed by atoms with E-state index in [0.29, 0.717) is 12.2 Å². The number of ketones is 1. The van der Waals surface area contributed by atoms with Gasteiger partial charge >= 0.3 is 0 Å². The number of hydrogen-bond donors (Lipinski definition) is 1. The summed E-state index contributed by atoms with van der Waals surface area (Å²) in [5.74, 6) is 0.603. The molecule has 1 aromatic carbocycles. The smallest absolute Gasteiger partial charge is 0.185 e. The Morgan fingerprint density at radius 3 is 2.72 bits per heavy atom. The molecule has 0 saturated heterocycles. The molecule has 0 heterocycles. The molecule has 1 aromatic rings. The zero-order valence-corrected chi connectivity index (χ0v) is 10.8. The Bertz CT molecular complexity index is 446. The molecule has 0 spiro atoms. The van der Waals surface area contributed by atoms with Gasteiger partial charge in [-0.15, -0.1) is 0 Å². The first-order valence-corrected chi connectivity index (χ1v) is 6.13. The molecule has 0 aliphatic heterocycles. The van der Waals surface area contributed by atoms with E-state index in [1.807, 2.05) is 24.3 Å². The number of ether oxygens (including phenoxy) is 2. The minimum absolute atomic E-state index is 0.0549. The van der Waals surface area contributed by atoms with Crippen LogP contribution in [-0.2, 0) is 15.1 Å². The fourth-order valence-corrected chi connectivity index (χ4v) is 2.61. The normalized spacial score (nSPS) is 28.2. The molecule has 98 valence electrons. The first kappa shape index (κ1) is 13.1. The van der Waals surface area contributed by atoms with Crippen molar-refractivity contribution < 1.29 is 14.3 Å². The quantitative estimate of drug-likeness (QED) is 0.884. The summed E-state index contributed by atoms with van der Waals surface area (Å²) in [6, 6.07) is 7.42. The van der Waals surface area contributed by atoms with Gasteiger partial charge in [-0.3, -0.25) is 4.79 Å². The van der Waals surface area contributed by atoms with Gasteiger partial charge in [-0.05, 0) is 25.3 Å². The van der Waals surface area contributed by atoms with Gasteiger partial charge in [0.05, 0.1) is 7.11 Å². The highest BCUT2D eigenvalue weighted by Gasteiger charge is 2.44. The first-order chi connectivity index (χ1) is 8.63. The van der Waals surface area contributed by atoms with Crippen molar-refractivity contribution in [1.29, 1.82) is 0 Å². The Labute approximate surface area is 107 Å². The number of hydrogen-bond acceptors (Lipinski definition) is 4. The number of methoxy groups -OCH3 is 2. The van der Waals surface area contributed by atoms with Gasteiger partial charge in [0, 0.05) is 12.7 Å². The fraction of sp³-hybridized carbons (Fsp3) is 0.500. The average molecular weight is 249 g/mol. The number of carbonyl (C=O) groups excluding carboxylic acids is 1. The van der Waals surface area contributed by atoms with E-state index in [1.54, 1.807) is 14.2 Å². The van der Waals surface area contributed by atoms with E-state index in [4.69, 9.17) is 15.2 Å². The molecule has 1 aliphatic carbocycles. The summed E-state index contributed by atoms with van der Waals surface area (Å²) < 4.78 is 10.5. The SMILES string of the molecule is COc1ccccc1[C@@]1(N)CCC[C@H](OC)C1=O. The second-order valence-corrected chi connectivity index (χ2v) is 4.65. The van der Waals surface area contributed by atoms with Gasteiger partial charge in [-0.2, -0.15) is 0 Å². The number of rotatable bonds is 3. The van der Waals surface area contributed by atoms with E-state index in [1.165, 1.54) is 0 Å². The lowest BCUT2D eigenvalue weighted by Crippen LogP contribution is -2.53. The minimum atomic E-state index is -0.995. The van der Waals surface area contributed by atoms with Crippen molar-refractivity contribution in [2.24, 2.45) is 5.73 Å². The Morgan fingerprint density at radius 2 is 2.06 bits per heavy atom. The average Bonchev–Trinajstić information content (AvgIpc) is 2.42. The molecule has 4 heteroatoms. The second kappa shape index (κ2) is 5.08. The van der Waals surface area contributed by atoms with E-state index in [-0.39, 0.29) is 5.78 Å². The molecule has 0 radical (unpaired) electrons. The van der Waals surface area contributed by atoms with Crippen LogP contribution in [-0.4, -0.2) is 26.1 Å². The lowest BCUT2D eigenvalue weighted by atomic mass is 9.74. The van der Waals surface area contributed by atoms with Gasteiger partial charge < -0.3 is 15.2 Å². The number of nitrogens with two attached hydrogens (primary N) is 1. The molecule has 2 N–H and O–H groups in total. The molecular formula is C14H19NO3. The number of para-hydroxylation sites is 1. The second-order valence-electron chi connectivity index (χ2n) is 4.65. The molecule has 2 rings (SSSR count). The van der Waals surface area contributed by atoms with Crippen LogP contribution in [0.5, 0.6) is 5.75 Å². The molecule has 0 bridgehead atoms. The highest BCUT2D eigenvalue weighted by atomic mass is 16.5. The van der Waals surface area contributed by atoms with E-state index >= 15 is 0 Å². The molecule has 0 aromatic heterocycles. The van der Waals surface area contributed by atoms with E-state index in [0.717, 1.165) is 18.4 Å². The van der Waals surface area contributed by atoms with Gasteiger partial charge in [0.2, 0.25) is 0 Å². The maximum absolute atomic E-state index is 12.4. The molecule has 4 nitrogen and oxygen atoms in total. The lowest BCUT2D eigenvalue weighted by Gasteiger charge is -2.36. The predicted molar refractivity (Wildman–Crippen MR) is 68.5 cm³/mol. The summed E-state index contributed by atoms with van der Waals surface area (Å²) in [6.07, 6.45) is 1.84. The van der Waals surface area contributed by atoms with Crippen LogP contribution in [0.3, 0.4) is 0 Å². The van der Waals surface area contributed by atoms with Gasteiger partial charge in [-0.25, -0.2) is 0 Å². The van der Waals surface area contributed by atoms with E-state index in [9.17, 15) is 4.79 Å². The van der Waals surface area contributed by atoms with Crippen molar-refractivity contribution in [3.63, 3.8) is 0 Å². The molecule has 1 saturated carbocycles. The first-order valence-electron chi connectivity index (χ1n) is 6.13. The monoisotopic (exact) mass is 249 g/mol. The van der Waals surface area contributed by atoms with Crippen molar-refractivity contribution in [1.82, 2.24) is 0 Å². The van der Waals surface area contributed by atoms with E-state index in [2.05, 4.69) is 0 Å².